The largest absolute Gasteiger partial charge is 0.508 e. The van der Waals surface area contributed by atoms with Gasteiger partial charge in [-0.05, 0) is 107 Å². The summed E-state index contributed by atoms with van der Waals surface area (Å²) in [6, 6.07) is 3.98. The molecule has 2 aromatic heterocycles. The predicted octanol–water partition coefficient (Wildman–Crippen LogP) is -0.265. The number of nitrogens with two attached hydrogens (primary N) is 1. The quantitative estimate of drug-likeness (QED) is 0.0236. The minimum absolute atomic E-state index is 0.0573. The van der Waals surface area contributed by atoms with E-state index in [1.54, 1.807) is 91.1 Å². The molecule has 45 nitrogen and oxygen atoms in total. The summed E-state index contributed by atoms with van der Waals surface area (Å²) in [6.07, 6.45) is 6.52. The number of unbranched alkanes of at least 4 members (excludes halogenated alkanes) is 9. The minimum atomic E-state index is -2.00. The summed E-state index contributed by atoms with van der Waals surface area (Å²) < 4.78 is 0. The van der Waals surface area contributed by atoms with Crippen LogP contribution >= 0.6 is 11.8 Å². The molecule has 4 heterocycles. The average Bonchev–Trinajstić information content (AvgIpc) is 1.43. The number of aromatic amines is 2. The van der Waals surface area contributed by atoms with Crippen LogP contribution in [0.15, 0.2) is 128 Å². The molecule has 18 atom stereocenters. The number of aliphatic carboxylic acids is 1. The number of phenols is 1. The molecule has 2 fully saturated rings. The first kappa shape index (κ1) is 121. The van der Waals surface area contributed by atoms with Crippen LogP contribution in [0.2, 0.25) is 0 Å². The normalized spacial score (nSPS) is 23.9. The number of phenolic OH excluding ortho intramolecular Hbond substituents is 1. The average molecular weight is 2110 g/mol. The molecule has 2 saturated heterocycles. The fraction of sp³-hybridized carbons (Fsp3) is 0.538. The number of carbonyl (C=O) groups is 19. The number of aliphatic hydroxyl groups is 3. The number of primary amides is 1. The van der Waals surface area contributed by atoms with Crippen LogP contribution in [0.1, 0.15) is 180 Å². The van der Waals surface area contributed by atoms with Gasteiger partial charge in [0.25, 0.3) is 0 Å². The SMILES string of the molecule is CCCCCCCCCCCC(=O)NCCCC[C@H](NC(=O)[C@@H]1CSCC(=O)N[C@@H](Cc2c[nH]c3ccccc23)C(=O)N[C@@H]([C@@H](C)O)C(=O)N(C)CC(=O)N[C@@H](CC(=O)O)C(=O)N(C)[C@@H](Cc2ccccc2)C(=O)N(C)[C@@H](Cc2ccccc2)C(=O)N[C@@H](C)C(=O)N(C)[C@@H](C)C(=O)N[C@@H](Cc2cnc[nH]2)C(=O)N[C@@H](Cc2ccc(O)cc2)C(=O)N[C@@H]([C@@H](C)O)C(=O)N[C@@H](C(C)C)C(=O)N2C[C@H](O)C[C@H]2C(=O)N[C@@H](C)C(=O)N1)C(N)=O. The maximum absolute atomic E-state index is 15.6. The van der Waals surface area contributed by atoms with Crippen molar-refractivity contribution in [1.29, 1.82) is 0 Å². The maximum Gasteiger partial charge on any atom is 0.305 e. The van der Waals surface area contributed by atoms with E-state index >= 15 is 28.8 Å². The number of carbonyl (C=O) groups excluding carboxylic acids is 18. The lowest BCUT2D eigenvalue weighted by atomic mass is 9.99. The highest BCUT2D eigenvalue weighted by molar-refractivity contribution is 8.00. The van der Waals surface area contributed by atoms with Crippen LogP contribution in [-0.4, -0.2) is 346 Å². The van der Waals surface area contributed by atoms with Crippen molar-refractivity contribution < 1.29 is 117 Å². The van der Waals surface area contributed by atoms with Gasteiger partial charge in [0.05, 0.1) is 43.4 Å². The molecule has 0 saturated carbocycles. The Labute approximate surface area is 875 Å². The highest BCUT2D eigenvalue weighted by Gasteiger charge is 2.47. The van der Waals surface area contributed by atoms with E-state index in [1.807, 2.05) is 0 Å². The second-order valence-electron chi connectivity index (χ2n) is 38.8. The number of benzene rings is 4. The number of carboxylic acid groups (broad SMARTS) is 1. The van der Waals surface area contributed by atoms with Crippen molar-refractivity contribution in [3.63, 3.8) is 0 Å². The number of nitrogens with one attached hydrogen (secondary N) is 14. The van der Waals surface area contributed by atoms with Crippen LogP contribution in [0, 0.1) is 5.92 Å². The molecule has 2 aliphatic rings. The number of nitrogens with zero attached hydrogens (tertiary/aromatic N) is 6. The summed E-state index contributed by atoms with van der Waals surface area (Å²) in [4.78, 5) is 291. The van der Waals surface area contributed by atoms with Gasteiger partial charge in [0, 0.05) is 121 Å². The Bertz CT molecular complexity index is 5580. The lowest BCUT2D eigenvalue weighted by Gasteiger charge is -2.36. The third-order valence-electron chi connectivity index (χ3n) is 26.5. The van der Waals surface area contributed by atoms with Gasteiger partial charge in [0.15, 0.2) is 0 Å². The van der Waals surface area contributed by atoms with Gasteiger partial charge in [0.2, 0.25) is 106 Å². The molecule has 818 valence electrons. The molecule has 0 spiro atoms. The van der Waals surface area contributed by atoms with E-state index in [9.17, 15) is 87.9 Å². The fourth-order valence-electron chi connectivity index (χ4n) is 17.5. The molecule has 6 aromatic rings. The number of fused-ring (bicyclic) bond motifs is 2. The number of thioether (sulfide) groups is 1. The number of likely N-dealkylation sites (N-methyl/N-ethyl adjacent to an activating group) is 4. The smallest absolute Gasteiger partial charge is 0.305 e. The molecule has 4 aromatic carbocycles. The third kappa shape index (κ3) is 37.1. The Kier molecular flexibility index (Phi) is 48.1. The van der Waals surface area contributed by atoms with E-state index in [1.165, 1.54) is 105 Å². The first-order valence-electron chi connectivity index (χ1n) is 50.7. The fourth-order valence-corrected chi connectivity index (χ4v) is 18.3. The Morgan fingerprint density at radius 1 is 0.513 bits per heavy atom. The monoisotopic (exact) mass is 2110 g/mol. The summed E-state index contributed by atoms with van der Waals surface area (Å²) in [7, 11) is 4.74. The summed E-state index contributed by atoms with van der Waals surface area (Å²) in [6.45, 7) is 9.99. The second kappa shape index (κ2) is 59.7. The van der Waals surface area contributed by atoms with E-state index in [-0.39, 0.29) is 62.4 Å². The number of para-hydroxylation sites is 1. The molecule has 0 bridgehead atoms. The third-order valence-corrected chi connectivity index (χ3v) is 27.5. The Hall–Kier alpha value is -14.4. The number of imidazole rings is 1. The minimum Gasteiger partial charge on any atom is -0.508 e. The van der Waals surface area contributed by atoms with Crippen LogP contribution in [0.4, 0.5) is 0 Å². The Morgan fingerprint density at radius 3 is 1.67 bits per heavy atom. The lowest BCUT2D eigenvalue weighted by molar-refractivity contribution is -0.150. The van der Waals surface area contributed by atoms with E-state index < -0.39 is 265 Å². The van der Waals surface area contributed by atoms with Crippen LogP contribution in [0.3, 0.4) is 0 Å². The van der Waals surface area contributed by atoms with Gasteiger partial charge in [-0.25, -0.2) is 4.98 Å². The molecule has 2 aliphatic heterocycles. The molecule has 0 radical (unpaired) electrons. The molecular weight excluding hydrogens is 1960 g/mol. The topological polar surface area (TPSA) is 657 Å². The number of amides is 18. The van der Waals surface area contributed by atoms with Crippen LogP contribution in [0.25, 0.3) is 10.9 Å². The summed E-state index contributed by atoms with van der Waals surface area (Å²) >= 11 is 0.727. The van der Waals surface area contributed by atoms with Crippen molar-refractivity contribution in [3.05, 3.63) is 156 Å². The van der Waals surface area contributed by atoms with Gasteiger partial charge in [0.1, 0.15) is 96.4 Å². The van der Waals surface area contributed by atoms with Crippen molar-refractivity contribution in [2.75, 3.05) is 59.3 Å². The molecule has 18 amide bonds. The van der Waals surface area contributed by atoms with E-state index in [0.29, 0.717) is 52.4 Å². The van der Waals surface area contributed by atoms with Gasteiger partial charge in [-0.1, -0.05) is 163 Å². The van der Waals surface area contributed by atoms with Gasteiger partial charge in [-0.3, -0.25) is 91.1 Å². The van der Waals surface area contributed by atoms with Crippen molar-refractivity contribution in [2.45, 2.75) is 293 Å². The van der Waals surface area contributed by atoms with E-state index in [4.69, 9.17) is 5.73 Å². The highest BCUT2D eigenvalue weighted by atomic mass is 32.2. The van der Waals surface area contributed by atoms with E-state index in [2.05, 4.69) is 85.7 Å². The number of hydrogen-bond acceptors (Lipinski definition) is 25. The molecule has 21 N–H and O–H groups in total. The van der Waals surface area contributed by atoms with Crippen molar-refractivity contribution >= 4 is 135 Å². The molecule has 150 heavy (non-hydrogen) atoms. The van der Waals surface area contributed by atoms with E-state index in [0.717, 1.165) is 96.3 Å². The summed E-state index contributed by atoms with van der Waals surface area (Å²) in [5.41, 5.74) is 8.50. The standard InChI is InChI=1S/C104H147N21O24S/c1-13-14-15-16-17-18-19-20-27-39-83(130)107-44-31-30-38-74(90(105)135)114-96(141)79-56-150-57-85(132)112-76(48-68-52-108-73-37-29-28-36-72(68)73)95(140)120-89(64(8)127)103(148)121(9)55-84(131)113-78(51-86(133)134)101(146)124(12)82(47-66-34-25-22-26-35-66)102(147)123(11)80(46-65-32-23-21-24-33-65)97(142)111-61(5)100(145)122(10)62(6)92(137)115-77(49-69-53-106-58-109-69)93(138)116-75(45-67-40-42-70(128)43-41-67)94(139)119-88(63(7)126)99(144)118-87(59(2)3)104(149)125-54-71(129)50-81(125)98(143)110-60(4)91(136)117-79/h21-26,28-29,32-37,40-43,52-53,58-64,71,74-82,87-89,108,126-129H,13-20,27,30-31,38-39,44-51,54-57H2,1-12H3,(H2,105,135)(H,106,109)(H,107,130)(H,110,143)(H,111,142)(H,112,132)(H,113,131)(H,114,141)(H,115,137)(H,116,138)(H,117,136)(H,118,144)(H,119,139)(H,120,140)(H,133,134)/t60-,61-,62-,63+,64+,71+,74-,75-,76-,77-,78-,79-,80-,81-,82-,87-,88-,89-/m0/s1. The number of aromatic nitrogens is 3. The molecular formula is C104H147N21O24S. The Morgan fingerprint density at radius 2 is 1.07 bits per heavy atom. The number of rotatable bonds is 33. The number of carboxylic acids is 1. The summed E-state index contributed by atoms with van der Waals surface area (Å²) in [5, 5.41) is 86.4. The molecule has 0 aliphatic carbocycles. The van der Waals surface area contributed by atoms with Crippen LogP contribution in [0.5, 0.6) is 5.75 Å². The lowest BCUT2D eigenvalue weighted by Crippen LogP contribution is -2.63. The van der Waals surface area contributed by atoms with Gasteiger partial charge >= 0.3 is 5.97 Å². The highest BCUT2D eigenvalue weighted by Crippen LogP contribution is 2.26. The zero-order chi connectivity index (χ0) is 110. The zero-order valence-corrected chi connectivity index (χ0v) is 87.7. The molecule has 8 rings (SSSR count). The first-order chi connectivity index (χ1) is 71.2. The summed E-state index contributed by atoms with van der Waals surface area (Å²) in [5.74, 6) is -21.5. The number of aliphatic hydroxyl groups excluding tert-OH is 3. The van der Waals surface area contributed by atoms with Gasteiger partial charge in [-0.2, -0.15) is 0 Å². The van der Waals surface area contributed by atoms with Crippen molar-refractivity contribution in [2.24, 2.45) is 11.7 Å². The van der Waals surface area contributed by atoms with Gasteiger partial charge < -0.3 is 130 Å². The second-order valence-corrected chi connectivity index (χ2v) is 39.8. The number of hydrogen-bond donors (Lipinski definition) is 20. The molecule has 46 heteroatoms. The van der Waals surface area contributed by atoms with Crippen molar-refractivity contribution in [3.8, 4) is 5.75 Å². The molecule has 0 unspecified atom stereocenters. The van der Waals surface area contributed by atoms with Crippen LogP contribution < -0.4 is 69.5 Å². The van der Waals surface area contributed by atoms with Crippen LogP contribution in [-0.2, 0) is 123 Å². The van der Waals surface area contributed by atoms with Crippen molar-refractivity contribution in [1.82, 2.24) is 103 Å². The zero-order valence-electron chi connectivity index (χ0n) is 86.9. The number of H-pyrrole nitrogens is 2. The number of aromatic hydroxyl groups is 1. The predicted molar refractivity (Wildman–Crippen MR) is 554 cm³/mol. The van der Waals surface area contributed by atoms with Gasteiger partial charge in [-0.15, -0.1) is 11.8 Å². The Balaban J connectivity index is 1.14. The maximum atomic E-state index is 15.6. The first-order valence-corrected chi connectivity index (χ1v) is 51.9.